The third-order valence-corrected chi connectivity index (χ3v) is 10.4. The molecule has 1 N–H and O–H groups in total. The normalized spacial score (nSPS) is 20.1. The number of nitriles is 1. The van der Waals surface area contributed by atoms with Gasteiger partial charge in [0.25, 0.3) is 0 Å². The fourth-order valence-corrected chi connectivity index (χ4v) is 4.45. The first-order valence-corrected chi connectivity index (χ1v) is 12.6. The van der Waals surface area contributed by atoms with Crippen molar-refractivity contribution < 1.29 is 14.3 Å². The Morgan fingerprint density at radius 2 is 2.00 bits per heavy atom. The molecule has 1 saturated heterocycles. The highest BCUT2D eigenvalue weighted by Gasteiger charge is 2.40. The molecule has 1 heterocycles. The minimum atomic E-state index is -2.00. The van der Waals surface area contributed by atoms with Crippen LogP contribution in [-0.2, 0) is 9.22 Å². The Labute approximate surface area is 164 Å². The lowest BCUT2D eigenvalue weighted by Gasteiger charge is -2.41. The standard InChI is InChI=1S/C21H32N2O3Si/c1-21(2,3)27(4,5)26-19(17-10-8-16(13-22)9-11-17)15-23-12-6-7-18(14-23)20(24)25/h8-11,18-19H,6-7,12,14-15H2,1-5H3,(H,24,25). The lowest BCUT2D eigenvalue weighted by atomic mass is 9.97. The van der Waals surface area contributed by atoms with Crippen molar-refractivity contribution in [2.75, 3.05) is 19.6 Å². The number of carboxylic acid groups (broad SMARTS) is 1. The van der Waals surface area contributed by atoms with Crippen LogP contribution >= 0.6 is 0 Å². The predicted molar refractivity (Wildman–Crippen MR) is 109 cm³/mol. The largest absolute Gasteiger partial charge is 0.481 e. The van der Waals surface area contributed by atoms with E-state index in [1.165, 1.54) is 0 Å². The van der Waals surface area contributed by atoms with E-state index in [1.54, 1.807) is 0 Å². The summed E-state index contributed by atoms with van der Waals surface area (Å²) >= 11 is 0. The second-order valence-corrected chi connectivity index (χ2v) is 13.8. The van der Waals surface area contributed by atoms with Crippen molar-refractivity contribution >= 4 is 14.3 Å². The molecule has 0 spiro atoms. The predicted octanol–water partition coefficient (Wildman–Crippen LogP) is 4.42. The molecule has 0 bridgehead atoms. The van der Waals surface area contributed by atoms with E-state index in [1.807, 2.05) is 24.3 Å². The lowest BCUT2D eigenvalue weighted by Crippen LogP contribution is -2.46. The number of aliphatic carboxylic acids is 1. The van der Waals surface area contributed by atoms with Crippen molar-refractivity contribution in [1.29, 1.82) is 5.26 Å². The first-order valence-electron chi connectivity index (χ1n) is 9.66. The molecule has 0 saturated carbocycles. The van der Waals surface area contributed by atoms with Crippen LogP contribution in [0.3, 0.4) is 0 Å². The summed E-state index contributed by atoms with van der Waals surface area (Å²) in [6.45, 7) is 13.3. The van der Waals surface area contributed by atoms with Crippen LogP contribution < -0.4 is 0 Å². The number of rotatable bonds is 6. The van der Waals surface area contributed by atoms with Crippen LogP contribution in [0.4, 0.5) is 0 Å². The average Bonchev–Trinajstić information content (AvgIpc) is 2.60. The Balaban J connectivity index is 2.23. The summed E-state index contributed by atoms with van der Waals surface area (Å²) in [5.41, 5.74) is 1.69. The van der Waals surface area contributed by atoms with Gasteiger partial charge in [0, 0.05) is 13.1 Å². The maximum absolute atomic E-state index is 11.4. The number of carbonyl (C=O) groups is 1. The molecule has 1 aliphatic rings. The van der Waals surface area contributed by atoms with Crippen LogP contribution in [0.5, 0.6) is 0 Å². The first kappa shape index (κ1) is 21.6. The molecule has 2 rings (SSSR count). The fourth-order valence-electron chi connectivity index (χ4n) is 3.17. The summed E-state index contributed by atoms with van der Waals surface area (Å²) in [6.07, 6.45) is 1.53. The number of hydrogen-bond donors (Lipinski definition) is 1. The Morgan fingerprint density at radius 1 is 1.37 bits per heavy atom. The van der Waals surface area contributed by atoms with Crippen LogP contribution in [0.15, 0.2) is 24.3 Å². The molecule has 0 aromatic heterocycles. The molecule has 0 radical (unpaired) electrons. The molecule has 0 aliphatic carbocycles. The summed E-state index contributed by atoms with van der Waals surface area (Å²) in [6, 6.07) is 9.75. The minimum Gasteiger partial charge on any atom is -0.481 e. The van der Waals surface area contributed by atoms with Crippen molar-refractivity contribution in [2.45, 2.75) is 57.8 Å². The molecule has 27 heavy (non-hydrogen) atoms. The van der Waals surface area contributed by atoms with Gasteiger partial charge in [0.1, 0.15) is 0 Å². The van der Waals surface area contributed by atoms with Crippen LogP contribution in [0.2, 0.25) is 18.1 Å². The zero-order valence-electron chi connectivity index (χ0n) is 17.2. The summed E-state index contributed by atoms with van der Waals surface area (Å²) in [4.78, 5) is 13.6. The second kappa shape index (κ2) is 8.55. The van der Waals surface area contributed by atoms with E-state index in [9.17, 15) is 9.90 Å². The number of benzene rings is 1. The Hall–Kier alpha value is -1.68. The van der Waals surface area contributed by atoms with Crippen LogP contribution in [0.25, 0.3) is 0 Å². The number of nitrogens with zero attached hydrogens (tertiary/aromatic N) is 2. The minimum absolute atomic E-state index is 0.0866. The van der Waals surface area contributed by atoms with E-state index < -0.39 is 14.3 Å². The van der Waals surface area contributed by atoms with Crippen LogP contribution in [0.1, 0.15) is 50.8 Å². The highest BCUT2D eigenvalue weighted by atomic mass is 28.4. The molecule has 1 aromatic rings. The molecule has 148 valence electrons. The van der Waals surface area contributed by atoms with Gasteiger partial charge in [-0.3, -0.25) is 9.69 Å². The number of likely N-dealkylation sites (tertiary alicyclic amines) is 1. The molecule has 1 aromatic carbocycles. The van der Waals surface area contributed by atoms with Gasteiger partial charge in [0.15, 0.2) is 8.32 Å². The third-order valence-electron chi connectivity index (χ3n) is 5.93. The zero-order chi connectivity index (χ0) is 20.2. The average molecular weight is 389 g/mol. The van der Waals surface area contributed by atoms with Crippen LogP contribution in [-0.4, -0.2) is 43.9 Å². The van der Waals surface area contributed by atoms with Gasteiger partial charge in [-0.05, 0) is 55.2 Å². The van der Waals surface area contributed by atoms with Crippen molar-refractivity contribution in [2.24, 2.45) is 5.92 Å². The van der Waals surface area contributed by atoms with E-state index in [0.29, 0.717) is 18.7 Å². The van der Waals surface area contributed by atoms with E-state index in [-0.39, 0.29) is 17.1 Å². The maximum Gasteiger partial charge on any atom is 0.307 e. The van der Waals surface area contributed by atoms with Gasteiger partial charge in [0.2, 0.25) is 0 Å². The molecule has 1 fully saturated rings. The maximum atomic E-state index is 11.4. The molecular formula is C21H32N2O3Si. The summed E-state index contributed by atoms with van der Waals surface area (Å²) in [5, 5.41) is 18.5. The molecule has 5 nitrogen and oxygen atoms in total. The van der Waals surface area contributed by atoms with Gasteiger partial charge in [0.05, 0.1) is 23.7 Å². The molecular weight excluding hydrogens is 356 g/mol. The van der Waals surface area contributed by atoms with E-state index in [4.69, 9.17) is 9.69 Å². The third kappa shape index (κ3) is 5.65. The smallest absolute Gasteiger partial charge is 0.307 e. The zero-order valence-corrected chi connectivity index (χ0v) is 18.2. The molecule has 2 atom stereocenters. The Morgan fingerprint density at radius 3 is 2.52 bits per heavy atom. The van der Waals surface area contributed by atoms with Gasteiger partial charge in [-0.1, -0.05) is 32.9 Å². The van der Waals surface area contributed by atoms with Crippen molar-refractivity contribution in [3.05, 3.63) is 35.4 Å². The van der Waals surface area contributed by atoms with Gasteiger partial charge in [-0.15, -0.1) is 0 Å². The highest BCUT2D eigenvalue weighted by Crippen LogP contribution is 2.40. The van der Waals surface area contributed by atoms with Crippen LogP contribution in [0, 0.1) is 17.2 Å². The molecule has 1 aliphatic heterocycles. The SMILES string of the molecule is CC(C)(C)[Si](C)(C)OC(CN1CCCC(C(=O)O)C1)c1ccc(C#N)cc1. The monoisotopic (exact) mass is 388 g/mol. The fraction of sp³-hybridized carbons (Fsp3) is 0.619. The second-order valence-electron chi connectivity index (χ2n) is 9.04. The van der Waals surface area contributed by atoms with Gasteiger partial charge in [-0.2, -0.15) is 5.26 Å². The Bertz CT molecular complexity index is 689. The molecule has 0 amide bonds. The summed E-state index contributed by atoms with van der Waals surface area (Å²) in [7, 11) is -2.00. The first-order chi connectivity index (χ1) is 12.5. The van der Waals surface area contributed by atoms with Crippen molar-refractivity contribution in [1.82, 2.24) is 4.90 Å². The van der Waals surface area contributed by atoms with Crippen molar-refractivity contribution in [3.63, 3.8) is 0 Å². The molecule has 2 unspecified atom stereocenters. The van der Waals surface area contributed by atoms with Gasteiger partial charge < -0.3 is 9.53 Å². The quantitative estimate of drug-likeness (QED) is 0.730. The Kier molecular flexibility index (Phi) is 6.85. The number of hydrogen-bond acceptors (Lipinski definition) is 4. The van der Waals surface area contributed by atoms with E-state index >= 15 is 0 Å². The summed E-state index contributed by atoms with van der Waals surface area (Å²) in [5.74, 6) is -1.01. The van der Waals surface area contributed by atoms with E-state index in [0.717, 1.165) is 24.9 Å². The van der Waals surface area contributed by atoms with Crippen molar-refractivity contribution in [3.8, 4) is 6.07 Å². The number of carboxylic acids is 1. The molecule has 6 heteroatoms. The van der Waals surface area contributed by atoms with Gasteiger partial charge >= 0.3 is 5.97 Å². The lowest BCUT2D eigenvalue weighted by molar-refractivity contribution is -0.143. The highest BCUT2D eigenvalue weighted by molar-refractivity contribution is 6.74. The van der Waals surface area contributed by atoms with Gasteiger partial charge in [-0.25, -0.2) is 0 Å². The topological polar surface area (TPSA) is 73.6 Å². The van der Waals surface area contributed by atoms with E-state index in [2.05, 4.69) is 44.8 Å². The number of piperidine rings is 1. The summed E-state index contributed by atoms with van der Waals surface area (Å²) < 4.78 is 6.73.